The maximum atomic E-state index is 7.48. The summed E-state index contributed by atoms with van der Waals surface area (Å²) in [5.74, 6) is 0. The van der Waals surface area contributed by atoms with E-state index in [9.17, 15) is 0 Å². The highest BCUT2D eigenvalue weighted by molar-refractivity contribution is 6.89. The second kappa shape index (κ2) is 18.0. The number of nitrogens with zero attached hydrogens (tertiary/aromatic N) is 2. The molecular weight excluding hydrogens is 1010 g/mol. The fourth-order valence-corrected chi connectivity index (χ4v) is 16.3. The van der Waals surface area contributed by atoms with Crippen LogP contribution in [0.5, 0.6) is 0 Å². The summed E-state index contributed by atoms with van der Waals surface area (Å²) < 4.78 is 7.48. The molecule has 0 atom stereocenters. The molecule has 0 N–H and O–H groups in total. The van der Waals surface area contributed by atoms with Gasteiger partial charge in [-0.25, -0.2) is 0 Å². The van der Waals surface area contributed by atoms with Crippen LogP contribution in [0, 0.1) is 0 Å². The zero-order chi connectivity index (χ0) is 56.1. The van der Waals surface area contributed by atoms with Gasteiger partial charge in [0.1, 0.15) is 5.58 Å². The van der Waals surface area contributed by atoms with E-state index in [1.807, 2.05) is 0 Å². The Balaban J connectivity index is 1.15. The first-order valence-electron chi connectivity index (χ1n) is 29.2. The summed E-state index contributed by atoms with van der Waals surface area (Å²) in [6, 6.07) is 79.6. The molecule has 0 amide bonds. The smallest absolute Gasteiger partial charge is 0.160 e. The van der Waals surface area contributed by atoms with Crippen molar-refractivity contribution in [3.05, 3.63) is 251 Å². The first-order chi connectivity index (χ1) is 38.7. The third-order valence-corrected chi connectivity index (χ3v) is 22.3. The van der Waals surface area contributed by atoms with Gasteiger partial charge in [-0.3, -0.25) is 0 Å². The van der Waals surface area contributed by atoms with Crippen molar-refractivity contribution in [2.45, 2.75) is 103 Å². The molecule has 3 aliphatic rings. The van der Waals surface area contributed by atoms with Gasteiger partial charge in [0.15, 0.2) is 5.58 Å². The van der Waals surface area contributed by atoms with Crippen LogP contribution in [0.1, 0.15) is 86.1 Å². The van der Waals surface area contributed by atoms with E-state index >= 15 is 0 Å². The van der Waals surface area contributed by atoms with Crippen LogP contribution in [0.15, 0.2) is 211 Å². The van der Waals surface area contributed by atoms with Crippen LogP contribution in [0.2, 0.25) is 39.3 Å². The highest BCUT2D eigenvalue weighted by Crippen LogP contribution is 2.68. The lowest BCUT2D eigenvalue weighted by atomic mass is 9.70. The third-order valence-electron chi connectivity index (χ3n) is 18.2. The number of anilines is 6. The van der Waals surface area contributed by atoms with E-state index in [1.54, 1.807) is 0 Å². The van der Waals surface area contributed by atoms with Crippen molar-refractivity contribution < 1.29 is 4.42 Å². The molecule has 11 aromatic rings. The summed E-state index contributed by atoms with van der Waals surface area (Å²) in [4.78, 5) is 5.08. The van der Waals surface area contributed by atoms with Gasteiger partial charge < -0.3 is 14.2 Å². The lowest BCUT2D eigenvalue weighted by Crippen LogP contribution is -2.37. The topological polar surface area (TPSA) is 19.6 Å². The molecule has 3 nitrogen and oxygen atoms in total. The van der Waals surface area contributed by atoms with Gasteiger partial charge >= 0.3 is 0 Å². The van der Waals surface area contributed by atoms with E-state index < -0.39 is 21.6 Å². The van der Waals surface area contributed by atoms with Crippen LogP contribution in [-0.4, -0.2) is 16.1 Å². The molecule has 400 valence electrons. The van der Waals surface area contributed by atoms with Crippen LogP contribution in [-0.2, 0) is 22.7 Å². The quantitative estimate of drug-likeness (QED) is 0.141. The van der Waals surface area contributed by atoms with Crippen molar-refractivity contribution in [1.29, 1.82) is 0 Å². The third kappa shape index (κ3) is 7.86. The molecule has 0 aliphatic heterocycles. The minimum atomic E-state index is -1.63. The first-order valence-corrected chi connectivity index (χ1v) is 36.2. The van der Waals surface area contributed by atoms with Gasteiger partial charge in [-0.15, -0.1) is 0 Å². The molecule has 1 heterocycles. The van der Waals surface area contributed by atoms with Gasteiger partial charge in [-0.2, -0.15) is 0 Å². The molecule has 0 saturated heterocycles. The van der Waals surface area contributed by atoms with Gasteiger partial charge in [-0.1, -0.05) is 231 Å². The monoisotopic (exact) mass is 1080 g/mol. The Morgan fingerprint density at radius 2 is 0.827 bits per heavy atom. The minimum Gasteiger partial charge on any atom is -0.454 e. The molecule has 0 saturated carbocycles. The van der Waals surface area contributed by atoms with Crippen molar-refractivity contribution in [3.8, 4) is 33.4 Å². The van der Waals surface area contributed by atoms with E-state index in [2.05, 4.69) is 297 Å². The molecule has 10 aromatic carbocycles. The summed E-state index contributed by atoms with van der Waals surface area (Å²) >= 11 is 0. The molecule has 1 spiro atoms. The summed E-state index contributed by atoms with van der Waals surface area (Å²) in [7, 11) is -3.26. The average molecular weight is 1090 g/mol. The standard InChI is InChI=1S/C76H72N2OSi2/c1-74(2,3)49-29-33-51(34-30-49)77(53-37-41-55(42-38-53)80(7,8)9)66-46-64-70(61-45-48-21-13-14-22-57(48)69(61)66)72-65(76(64)62-26-18-15-23-58(62)59-24-16-19-27-63(59)76)47-67(73-71(72)60-25-17-20-28-68(60)79-73)78(52-35-31-50(32-36-52)75(4,5)6)54-39-43-56(44-40-54)81(10,11)12/h13-44,46-47H,45H2,1-12H3. The lowest BCUT2D eigenvalue weighted by Gasteiger charge is -2.34. The van der Waals surface area contributed by atoms with E-state index in [-0.39, 0.29) is 10.8 Å². The van der Waals surface area contributed by atoms with Crippen LogP contribution in [0.4, 0.5) is 34.1 Å². The Bertz CT molecular complexity index is 4170. The Hall–Kier alpha value is -7.97. The fourth-order valence-electron chi connectivity index (χ4n) is 13.9. The maximum absolute atomic E-state index is 7.48. The molecule has 0 unspecified atom stereocenters. The van der Waals surface area contributed by atoms with E-state index in [1.165, 1.54) is 93.9 Å². The van der Waals surface area contributed by atoms with Gasteiger partial charge in [0.25, 0.3) is 0 Å². The number of benzene rings is 10. The molecule has 3 aliphatic carbocycles. The highest BCUT2D eigenvalue weighted by Gasteiger charge is 2.55. The zero-order valence-electron chi connectivity index (χ0n) is 49.1. The largest absolute Gasteiger partial charge is 0.454 e. The summed E-state index contributed by atoms with van der Waals surface area (Å²) in [6.07, 6.45) is 0.806. The van der Waals surface area contributed by atoms with Gasteiger partial charge in [-0.05, 0) is 156 Å². The number of para-hydroxylation sites is 1. The number of furan rings is 1. The molecule has 5 heteroatoms. The minimum absolute atomic E-state index is 0.00183. The van der Waals surface area contributed by atoms with Crippen molar-refractivity contribution in [1.82, 2.24) is 0 Å². The number of hydrogen-bond donors (Lipinski definition) is 0. The number of rotatable bonds is 8. The summed E-state index contributed by atoms with van der Waals surface area (Å²) in [5, 5.41) is 5.17. The first kappa shape index (κ1) is 51.2. The molecular formula is C76H72N2OSi2. The van der Waals surface area contributed by atoms with Crippen LogP contribution in [0.25, 0.3) is 55.3 Å². The Labute approximate surface area is 481 Å². The van der Waals surface area contributed by atoms with Crippen molar-refractivity contribution in [2.24, 2.45) is 0 Å². The van der Waals surface area contributed by atoms with E-state index in [4.69, 9.17) is 4.42 Å². The van der Waals surface area contributed by atoms with Crippen molar-refractivity contribution in [2.75, 3.05) is 9.80 Å². The van der Waals surface area contributed by atoms with Gasteiger partial charge in [0.2, 0.25) is 0 Å². The molecule has 1 aromatic heterocycles. The maximum Gasteiger partial charge on any atom is 0.160 e. The Morgan fingerprint density at radius 3 is 1.33 bits per heavy atom. The normalized spacial score (nSPS) is 14.0. The highest BCUT2D eigenvalue weighted by atomic mass is 28.3. The average Bonchev–Trinajstić information content (AvgIpc) is 1.66. The summed E-state index contributed by atoms with van der Waals surface area (Å²) in [5.41, 5.74) is 26.1. The second-order valence-corrected chi connectivity index (χ2v) is 37.5. The van der Waals surface area contributed by atoms with Gasteiger partial charge in [0.05, 0.1) is 32.9 Å². The van der Waals surface area contributed by atoms with Crippen molar-refractivity contribution >= 4 is 82.6 Å². The van der Waals surface area contributed by atoms with Crippen LogP contribution < -0.4 is 20.2 Å². The van der Waals surface area contributed by atoms with Crippen LogP contribution in [0.3, 0.4) is 0 Å². The van der Waals surface area contributed by atoms with Crippen molar-refractivity contribution in [3.63, 3.8) is 0 Å². The van der Waals surface area contributed by atoms with E-state index in [0.29, 0.717) is 0 Å². The van der Waals surface area contributed by atoms with Gasteiger partial charge in [0, 0.05) is 39.1 Å². The SMILES string of the molecule is CC(C)(C)c1ccc(N(c2ccc([Si](C)(C)C)cc2)c2cc3c(c4c2-c2ccccc2C4)-c2c(cc(N(c4ccc(C(C)(C)C)cc4)c4ccc([Si](C)(C)C)cc4)c4oc5ccccc5c24)C32c3ccccc3-c3ccccc32)cc1. The molecule has 14 rings (SSSR count). The summed E-state index contributed by atoms with van der Waals surface area (Å²) in [6.45, 7) is 28.5. The second-order valence-electron chi connectivity index (χ2n) is 27.3. The fraction of sp³-hybridized carbons (Fsp3) is 0.211. The zero-order valence-corrected chi connectivity index (χ0v) is 51.1. The molecule has 0 radical (unpaired) electrons. The number of fused-ring (bicyclic) bond motifs is 18. The number of hydrogen-bond acceptors (Lipinski definition) is 3. The predicted octanol–water partition coefficient (Wildman–Crippen LogP) is 20.1. The lowest BCUT2D eigenvalue weighted by molar-refractivity contribution is 0.590. The van der Waals surface area contributed by atoms with E-state index in [0.717, 1.165) is 56.8 Å². The Morgan fingerprint density at radius 1 is 0.407 bits per heavy atom. The molecule has 0 fully saturated rings. The molecule has 81 heavy (non-hydrogen) atoms. The predicted molar refractivity (Wildman–Crippen MR) is 351 cm³/mol. The Kier molecular flexibility index (Phi) is 11.4. The van der Waals surface area contributed by atoms with Crippen LogP contribution >= 0.6 is 0 Å². The molecule has 0 bridgehead atoms.